The Hall–Kier alpha value is 0.952. The number of hydrogen-bond acceptors (Lipinski definition) is 3. The molecule has 0 amide bonds. The van der Waals surface area contributed by atoms with Crippen LogP contribution >= 0.6 is 24.8 Å². The van der Waals surface area contributed by atoms with Gasteiger partial charge in [0.2, 0.25) is 0 Å². The number of rotatable bonds is 2. The maximum Gasteiger partial charge on any atom is 2.00 e. The van der Waals surface area contributed by atoms with Crippen molar-refractivity contribution in [3.05, 3.63) is 0 Å². The van der Waals surface area contributed by atoms with Crippen LogP contribution in [0, 0.1) is 0 Å². The fraction of sp³-hybridized carbons (Fsp3) is 0.600. The molecule has 0 N–H and O–H groups in total. The number of thiocarbonyl (C=S) groups is 1. The van der Waals surface area contributed by atoms with Crippen molar-refractivity contribution < 1.29 is 54.8 Å². The van der Waals surface area contributed by atoms with Crippen LogP contribution in [0.25, 0.3) is 0 Å². The third-order valence-electron chi connectivity index (χ3n) is 0.920. The van der Waals surface area contributed by atoms with Gasteiger partial charge in [-0.3, -0.25) is 4.79 Å². The summed E-state index contributed by atoms with van der Waals surface area (Å²) in [5.74, 6) is -0.320. The molecule has 0 saturated carbocycles. The van der Waals surface area contributed by atoms with Crippen LogP contribution in [0.3, 0.4) is 0 Å². The van der Waals surface area contributed by atoms with Crippen LogP contribution in [0.2, 0.25) is 0 Å². The van der Waals surface area contributed by atoms with Gasteiger partial charge in [-0.2, -0.15) is 0 Å². The normalized spacial score (nSPS) is 6.69. The van der Waals surface area contributed by atoms with Gasteiger partial charge in [0.1, 0.15) is 10.9 Å². The fourth-order valence-electron chi connectivity index (χ4n) is 0.326. The van der Waals surface area contributed by atoms with Gasteiger partial charge in [0.25, 0.3) is 0 Å². The van der Waals surface area contributed by atoms with E-state index in [1.165, 1.54) is 12.0 Å². The Morgan fingerprint density at radius 2 is 1.92 bits per heavy atom. The summed E-state index contributed by atoms with van der Waals surface area (Å²) in [4.78, 5) is 12.1. The second-order valence-electron chi connectivity index (χ2n) is 1.71. The number of carbonyl (C=O) groups excluding carboxylic acids is 1. The van der Waals surface area contributed by atoms with E-state index in [-0.39, 0.29) is 57.8 Å². The van der Waals surface area contributed by atoms with Crippen molar-refractivity contribution in [3.63, 3.8) is 0 Å². The number of ether oxygens (including phenoxy) is 1. The second kappa shape index (κ2) is 13.0. The molecule has 0 fully saturated rings. The largest absolute Gasteiger partial charge is 2.00 e. The number of likely N-dealkylation sites (N-methyl/N-ethyl adjacent to an activating group) is 1. The molecule has 0 rings (SSSR count). The number of nitrogens with zero attached hydrogens (tertiary/aromatic N) is 1. The minimum absolute atomic E-state index is 0. The monoisotopic (exact) mass is 355 g/mol. The van der Waals surface area contributed by atoms with Gasteiger partial charge in [0.15, 0.2) is 0 Å². The van der Waals surface area contributed by atoms with Gasteiger partial charge in [0, 0.05) is 7.05 Å². The third-order valence-corrected chi connectivity index (χ3v) is 1.57. The average Bonchev–Trinajstić information content (AvgIpc) is 1.87. The summed E-state index contributed by atoms with van der Waals surface area (Å²) in [6.07, 6.45) is 0. The molecule has 3 nitrogen and oxygen atoms in total. The van der Waals surface area contributed by atoms with Crippen molar-refractivity contribution in [1.29, 1.82) is 0 Å². The summed E-state index contributed by atoms with van der Waals surface area (Å²) in [5.41, 5.74) is 0. The molecular formula is C5H9Cl2NO2PdS2. The standard InChI is InChI=1S/C5H9NO2S2.2ClH.Pd/c1-6(5(9)10)3-4(7)8-2;;;/h3H2,1-2H3,(H,9,10);2*1H;/q;;;+2/p-2. The van der Waals surface area contributed by atoms with Crippen LogP contribution in [-0.2, 0) is 30.0 Å². The number of methoxy groups -OCH3 is 1. The quantitative estimate of drug-likeness (QED) is 0.231. The molecule has 0 radical (unpaired) electrons. The van der Waals surface area contributed by atoms with E-state index in [0.29, 0.717) is 4.32 Å². The minimum atomic E-state index is -0.320. The molecule has 0 unspecified atom stereocenters. The molecule has 0 aliphatic heterocycles. The summed E-state index contributed by atoms with van der Waals surface area (Å²) < 4.78 is 4.78. The van der Waals surface area contributed by atoms with Gasteiger partial charge in [-0.05, 0) is 0 Å². The second-order valence-corrected chi connectivity index (χ2v) is 2.83. The van der Waals surface area contributed by atoms with E-state index >= 15 is 0 Å². The minimum Gasteiger partial charge on any atom is -1.00 e. The first kappa shape index (κ1) is 23.6. The number of thiol groups is 1. The smallest absolute Gasteiger partial charge is 1.00 e. The SMILES string of the molecule is COC(=O)CN(C)C(=S)S.[Cl-].[Cl-].[Pd+2]. The predicted octanol–water partition coefficient (Wildman–Crippen LogP) is -5.69. The van der Waals surface area contributed by atoms with Gasteiger partial charge >= 0.3 is 26.4 Å². The maximum atomic E-state index is 10.6. The van der Waals surface area contributed by atoms with Crippen LogP contribution in [0.1, 0.15) is 0 Å². The van der Waals surface area contributed by atoms with Crippen LogP contribution in [0.5, 0.6) is 0 Å². The molecule has 0 aromatic heterocycles. The summed E-state index contributed by atoms with van der Waals surface area (Å²) in [5, 5.41) is 0. The van der Waals surface area contributed by atoms with Gasteiger partial charge in [-0.25, -0.2) is 0 Å². The molecule has 0 bridgehead atoms. The molecule has 0 aromatic rings. The van der Waals surface area contributed by atoms with Crippen molar-refractivity contribution in [2.24, 2.45) is 0 Å². The molecule has 82 valence electrons. The molecule has 13 heavy (non-hydrogen) atoms. The van der Waals surface area contributed by atoms with Crippen molar-refractivity contribution in [1.82, 2.24) is 4.90 Å². The number of esters is 1. The zero-order chi connectivity index (χ0) is 8.15. The fourth-order valence-corrected chi connectivity index (χ4v) is 0.461. The number of hydrogen-bond donors (Lipinski definition) is 1. The maximum absolute atomic E-state index is 10.6. The first-order chi connectivity index (χ1) is 4.57. The summed E-state index contributed by atoms with van der Waals surface area (Å²) >= 11 is 8.52. The molecule has 0 aromatic carbocycles. The van der Waals surface area contributed by atoms with Crippen molar-refractivity contribution in [2.75, 3.05) is 20.7 Å². The Kier molecular flexibility index (Phi) is 23.5. The summed E-state index contributed by atoms with van der Waals surface area (Å²) in [6.45, 7) is 0.152. The molecule has 0 heterocycles. The predicted molar refractivity (Wildman–Crippen MR) is 46.2 cm³/mol. The Balaban J connectivity index is -0.000000135. The summed E-state index contributed by atoms with van der Waals surface area (Å²) in [7, 11) is 3.00. The molecular weight excluding hydrogens is 348 g/mol. The van der Waals surface area contributed by atoms with Gasteiger partial charge in [-0.1, -0.05) is 12.2 Å². The topological polar surface area (TPSA) is 29.5 Å². The Bertz CT molecular complexity index is 161. The van der Waals surface area contributed by atoms with E-state index in [9.17, 15) is 4.79 Å². The molecule has 0 aliphatic carbocycles. The molecule has 8 heteroatoms. The molecule has 0 aliphatic rings. The van der Waals surface area contributed by atoms with Crippen LogP contribution < -0.4 is 24.8 Å². The van der Waals surface area contributed by atoms with E-state index < -0.39 is 0 Å². The number of halogens is 2. The molecule has 0 atom stereocenters. The van der Waals surface area contributed by atoms with Crippen molar-refractivity contribution >= 4 is 35.1 Å². The zero-order valence-corrected chi connectivity index (χ0v) is 11.7. The van der Waals surface area contributed by atoms with Crippen molar-refractivity contribution in [2.45, 2.75) is 0 Å². The Morgan fingerprint density at radius 3 is 2.15 bits per heavy atom. The first-order valence-corrected chi connectivity index (χ1v) is 3.44. The van der Waals surface area contributed by atoms with Crippen LogP contribution in [0.4, 0.5) is 0 Å². The van der Waals surface area contributed by atoms with Gasteiger partial charge in [0.05, 0.1) is 7.11 Å². The average molecular weight is 357 g/mol. The van der Waals surface area contributed by atoms with Gasteiger partial charge in [-0.15, -0.1) is 12.6 Å². The summed E-state index contributed by atoms with van der Waals surface area (Å²) in [6, 6.07) is 0. The van der Waals surface area contributed by atoms with Crippen LogP contribution in [0.15, 0.2) is 0 Å². The zero-order valence-electron chi connectivity index (χ0n) is 6.90. The van der Waals surface area contributed by atoms with E-state index in [2.05, 4.69) is 29.6 Å². The van der Waals surface area contributed by atoms with Crippen LogP contribution in [-0.4, -0.2) is 35.9 Å². The van der Waals surface area contributed by atoms with E-state index in [1.807, 2.05) is 0 Å². The van der Waals surface area contributed by atoms with E-state index in [1.54, 1.807) is 7.05 Å². The first-order valence-electron chi connectivity index (χ1n) is 2.58. The van der Waals surface area contributed by atoms with E-state index in [0.717, 1.165) is 0 Å². The number of carbonyl (C=O) groups is 1. The Labute approximate surface area is 115 Å². The molecule has 0 spiro atoms. The van der Waals surface area contributed by atoms with Crippen molar-refractivity contribution in [3.8, 4) is 0 Å². The Morgan fingerprint density at radius 1 is 1.54 bits per heavy atom. The van der Waals surface area contributed by atoms with Gasteiger partial charge < -0.3 is 34.5 Å². The third kappa shape index (κ3) is 13.0. The molecule has 0 saturated heterocycles. The van der Waals surface area contributed by atoms with E-state index in [4.69, 9.17) is 0 Å².